The van der Waals surface area contributed by atoms with E-state index in [4.69, 9.17) is 16.0 Å². The highest BCUT2D eigenvalue weighted by atomic mass is 16.5. The van der Waals surface area contributed by atoms with E-state index in [2.05, 4.69) is 26.7 Å². The first-order valence-electron chi connectivity index (χ1n) is 13.3. The van der Waals surface area contributed by atoms with Gasteiger partial charge >= 0.3 is 0 Å². The van der Waals surface area contributed by atoms with Crippen molar-refractivity contribution in [3.8, 4) is 0 Å². The van der Waals surface area contributed by atoms with Crippen molar-refractivity contribution in [3.63, 3.8) is 0 Å². The number of primary amides is 1. The van der Waals surface area contributed by atoms with Crippen LogP contribution < -0.4 is 10.6 Å². The van der Waals surface area contributed by atoms with Crippen molar-refractivity contribution >= 4 is 23.3 Å². The normalized spacial score (nSPS) is 27.3. The highest BCUT2D eigenvalue weighted by Crippen LogP contribution is 2.43. The number of nitrogens with zero attached hydrogens (tertiary/aromatic N) is 6. The van der Waals surface area contributed by atoms with Gasteiger partial charge in [0.2, 0.25) is 11.8 Å². The summed E-state index contributed by atoms with van der Waals surface area (Å²) in [7, 11) is 0. The number of likely N-dealkylation sites (tertiary alicyclic amines) is 1. The van der Waals surface area contributed by atoms with Gasteiger partial charge in [-0.1, -0.05) is 24.9 Å². The van der Waals surface area contributed by atoms with Gasteiger partial charge in [0, 0.05) is 48.9 Å². The number of carbonyl (C=O) groups excluding carboxylic acids is 3. The second-order valence-corrected chi connectivity index (χ2v) is 10.5. The van der Waals surface area contributed by atoms with Gasteiger partial charge in [-0.15, -0.1) is 0 Å². The molecule has 3 heterocycles. The molecule has 1 saturated carbocycles. The van der Waals surface area contributed by atoms with Gasteiger partial charge in [0.05, 0.1) is 18.1 Å². The van der Waals surface area contributed by atoms with Crippen molar-refractivity contribution in [1.29, 1.82) is 0 Å². The van der Waals surface area contributed by atoms with Crippen molar-refractivity contribution in [2.45, 2.75) is 56.7 Å². The minimum atomic E-state index is -0.769. The third-order valence-electron chi connectivity index (χ3n) is 8.60. The zero-order valence-electron chi connectivity index (χ0n) is 21.3. The smallest absolute Gasteiger partial charge is 0.249 e. The summed E-state index contributed by atoms with van der Waals surface area (Å²) < 4.78 is 5.63. The highest BCUT2D eigenvalue weighted by molar-refractivity contribution is 5.99. The number of Topliss-reactive ketones (excluding diaryl/α,β-unsaturated/α-hetero) is 1. The molecule has 0 unspecified atom stereocenters. The van der Waals surface area contributed by atoms with Crippen LogP contribution in [0.15, 0.2) is 23.3 Å². The number of rotatable bonds is 7. The average Bonchev–Trinajstić information content (AvgIpc) is 3.64. The summed E-state index contributed by atoms with van der Waals surface area (Å²) >= 11 is 0. The Morgan fingerprint density at radius 2 is 1.95 bits per heavy atom. The number of piperazine rings is 1. The van der Waals surface area contributed by atoms with E-state index in [1.807, 2.05) is 12.1 Å². The number of carbonyl (C=O) groups is 3. The number of azide groups is 1. The van der Waals surface area contributed by atoms with Crippen LogP contribution >= 0.6 is 0 Å². The standard InChI is InChI=1S/C26H35N7O4/c1-2-31-9-11-32(12-10-31)17-7-8-18(25(27)35)19(13-17)22(16-5-3-4-6-16)26(36)33-14-20(29-30-28)24-23(33)21(34)15-37-24/h7-8,13,16,20,22-24H,2-6,9-12,14-15H2,1H3,(H2,27,35)/t20-,22-,23+,24+/m0/s1. The Labute approximate surface area is 216 Å². The Kier molecular flexibility index (Phi) is 7.37. The van der Waals surface area contributed by atoms with E-state index in [0.717, 1.165) is 64.1 Å². The van der Waals surface area contributed by atoms with E-state index in [1.54, 1.807) is 11.0 Å². The van der Waals surface area contributed by atoms with Crippen LogP contribution in [0.25, 0.3) is 10.4 Å². The molecule has 0 spiro atoms. The number of ketones is 1. The van der Waals surface area contributed by atoms with Gasteiger partial charge in [-0.05, 0) is 54.6 Å². The summed E-state index contributed by atoms with van der Waals surface area (Å²) in [5.41, 5.74) is 16.8. The van der Waals surface area contributed by atoms with Gasteiger partial charge in [0.1, 0.15) is 12.6 Å². The molecule has 1 aliphatic carbocycles. The van der Waals surface area contributed by atoms with Gasteiger partial charge in [-0.3, -0.25) is 14.4 Å². The second kappa shape index (κ2) is 10.7. The number of nitrogens with two attached hydrogens (primary N) is 1. The van der Waals surface area contributed by atoms with Crippen LogP contribution in [0.3, 0.4) is 0 Å². The van der Waals surface area contributed by atoms with Crippen LogP contribution in [0.5, 0.6) is 0 Å². The van der Waals surface area contributed by atoms with Crippen molar-refractivity contribution < 1.29 is 19.1 Å². The van der Waals surface area contributed by atoms with Crippen molar-refractivity contribution in [2.24, 2.45) is 16.8 Å². The summed E-state index contributed by atoms with van der Waals surface area (Å²) in [6.45, 7) is 6.82. The third-order valence-corrected chi connectivity index (χ3v) is 8.60. The molecule has 4 fully saturated rings. The van der Waals surface area contributed by atoms with Crippen LogP contribution in [0.2, 0.25) is 0 Å². The lowest BCUT2D eigenvalue weighted by molar-refractivity contribution is -0.138. The molecule has 4 atom stereocenters. The van der Waals surface area contributed by atoms with Crippen LogP contribution in [-0.2, 0) is 14.3 Å². The number of anilines is 1. The van der Waals surface area contributed by atoms with Crippen LogP contribution in [0, 0.1) is 5.92 Å². The van der Waals surface area contributed by atoms with Crippen molar-refractivity contribution in [1.82, 2.24) is 9.80 Å². The lowest BCUT2D eigenvalue weighted by Gasteiger charge is -2.36. The van der Waals surface area contributed by atoms with E-state index < -0.39 is 30.0 Å². The molecule has 3 saturated heterocycles. The molecule has 198 valence electrons. The fourth-order valence-electron chi connectivity index (χ4n) is 6.63. The predicted octanol–water partition coefficient (Wildman–Crippen LogP) is 2.06. The maximum absolute atomic E-state index is 14.3. The second-order valence-electron chi connectivity index (χ2n) is 10.5. The van der Waals surface area contributed by atoms with E-state index >= 15 is 0 Å². The van der Waals surface area contributed by atoms with Crippen LogP contribution in [-0.4, -0.2) is 91.5 Å². The molecule has 3 aliphatic heterocycles. The fourth-order valence-corrected chi connectivity index (χ4v) is 6.63. The number of amides is 2. The number of benzene rings is 1. The van der Waals surface area contributed by atoms with Gasteiger partial charge in [-0.25, -0.2) is 0 Å². The maximum Gasteiger partial charge on any atom is 0.249 e. The van der Waals surface area contributed by atoms with Crippen molar-refractivity contribution in [2.75, 3.05) is 50.8 Å². The largest absolute Gasteiger partial charge is 0.369 e. The molecular formula is C26H35N7O4. The number of hydrogen-bond acceptors (Lipinski definition) is 7. The van der Waals surface area contributed by atoms with Crippen molar-refractivity contribution in [3.05, 3.63) is 39.8 Å². The number of fused-ring (bicyclic) bond motifs is 1. The fraction of sp³-hybridized carbons (Fsp3) is 0.654. The molecule has 4 aliphatic rings. The SMILES string of the molecule is CCN1CCN(c2ccc(C(N)=O)c([C@@H](C(=O)N3C[C@H](N=[N+]=[N-])[C@H]4OCC(=O)[C@H]43)C3CCCC3)c2)CC1. The molecule has 37 heavy (non-hydrogen) atoms. The summed E-state index contributed by atoms with van der Waals surface area (Å²) in [6.07, 6.45) is 3.11. The zero-order chi connectivity index (χ0) is 26.1. The maximum atomic E-state index is 14.3. The number of ether oxygens (including phenoxy) is 1. The molecule has 1 aromatic carbocycles. The first-order chi connectivity index (χ1) is 17.9. The summed E-state index contributed by atoms with van der Waals surface area (Å²) in [5, 5.41) is 3.82. The lowest BCUT2D eigenvalue weighted by Crippen LogP contribution is -2.46. The highest BCUT2D eigenvalue weighted by Gasteiger charge is 2.53. The first-order valence-corrected chi connectivity index (χ1v) is 13.3. The predicted molar refractivity (Wildman–Crippen MR) is 137 cm³/mol. The molecule has 11 heteroatoms. The monoisotopic (exact) mass is 509 g/mol. The molecule has 0 radical (unpaired) electrons. The summed E-state index contributed by atoms with van der Waals surface area (Å²) in [6, 6.07) is 4.24. The molecule has 1 aromatic rings. The molecule has 2 amide bonds. The molecule has 0 aromatic heterocycles. The van der Waals surface area contributed by atoms with Gasteiger partial charge in [-0.2, -0.15) is 0 Å². The Bertz CT molecular complexity index is 1110. The number of hydrogen-bond donors (Lipinski definition) is 1. The minimum absolute atomic E-state index is 0.0344. The Morgan fingerprint density at radius 1 is 1.22 bits per heavy atom. The van der Waals surface area contributed by atoms with E-state index in [1.165, 1.54) is 0 Å². The summed E-state index contributed by atoms with van der Waals surface area (Å²) in [5.74, 6) is -1.55. The van der Waals surface area contributed by atoms with E-state index in [0.29, 0.717) is 11.1 Å². The van der Waals surface area contributed by atoms with Gasteiger partial charge in [0.25, 0.3) is 0 Å². The molecule has 2 N–H and O–H groups in total. The Hall–Kier alpha value is -3.14. The molecule has 5 rings (SSSR count). The van der Waals surface area contributed by atoms with Gasteiger partial charge < -0.3 is 25.2 Å². The average molecular weight is 510 g/mol. The van der Waals surface area contributed by atoms with E-state index in [9.17, 15) is 14.4 Å². The minimum Gasteiger partial charge on any atom is -0.369 e. The van der Waals surface area contributed by atoms with Gasteiger partial charge in [0.15, 0.2) is 5.78 Å². The zero-order valence-corrected chi connectivity index (χ0v) is 21.3. The molecule has 11 nitrogen and oxygen atoms in total. The number of likely N-dealkylation sites (N-methyl/N-ethyl adjacent to an activating group) is 1. The molecular weight excluding hydrogens is 474 g/mol. The molecule has 0 bridgehead atoms. The first kappa shape index (κ1) is 25.5. The van der Waals surface area contributed by atoms with E-state index in [-0.39, 0.29) is 30.8 Å². The third kappa shape index (κ3) is 4.79. The topological polar surface area (TPSA) is 145 Å². The lowest BCUT2D eigenvalue weighted by atomic mass is 9.80. The summed E-state index contributed by atoms with van der Waals surface area (Å²) in [4.78, 5) is 48.8. The quantitative estimate of drug-likeness (QED) is 0.338. The Morgan fingerprint density at radius 3 is 2.59 bits per heavy atom. The van der Waals surface area contributed by atoms with Crippen LogP contribution in [0.1, 0.15) is 54.4 Å². The van der Waals surface area contributed by atoms with Crippen LogP contribution in [0.4, 0.5) is 5.69 Å². The Balaban J connectivity index is 1.53.